The summed E-state index contributed by atoms with van der Waals surface area (Å²) < 4.78 is 20.0. The molecule has 6 nitrogen and oxygen atoms in total. The maximum atomic E-state index is 13.0. The van der Waals surface area contributed by atoms with Gasteiger partial charge in [-0.2, -0.15) is 5.10 Å². The quantitative estimate of drug-likeness (QED) is 0.729. The van der Waals surface area contributed by atoms with Crippen LogP contribution in [-0.2, 0) is 6.54 Å². The number of halogens is 1. The van der Waals surface area contributed by atoms with Crippen LogP contribution >= 0.6 is 0 Å². The fourth-order valence-electron chi connectivity index (χ4n) is 3.09. The van der Waals surface area contributed by atoms with Crippen molar-refractivity contribution in [2.45, 2.75) is 12.7 Å². The smallest absolute Gasteiger partial charge is 0.269 e. The Morgan fingerprint density at radius 3 is 2.85 bits per heavy atom. The number of methoxy groups -OCH3 is 1. The summed E-state index contributed by atoms with van der Waals surface area (Å²) in [6.45, 7) is 0.959. The minimum absolute atomic E-state index is 0.156. The lowest BCUT2D eigenvalue weighted by Gasteiger charge is -2.25. The molecule has 1 aromatic heterocycles. The Labute approximate surface area is 156 Å². The molecule has 0 unspecified atom stereocenters. The molecular weight excluding hydrogens is 347 g/mol. The van der Waals surface area contributed by atoms with E-state index in [0.717, 1.165) is 16.9 Å². The lowest BCUT2D eigenvalue weighted by atomic mass is 10.1. The number of fused-ring (bicyclic) bond motifs is 1. The first-order valence-corrected chi connectivity index (χ1v) is 8.64. The van der Waals surface area contributed by atoms with Gasteiger partial charge in [-0.25, -0.2) is 9.07 Å². The molecule has 27 heavy (non-hydrogen) atoms. The van der Waals surface area contributed by atoms with Gasteiger partial charge < -0.3 is 10.1 Å². The van der Waals surface area contributed by atoms with Gasteiger partial charge in [-0.1, -0.05) is 24.3 Å². The molecule has 4 rings (SSSR count). The van der Waals surface area contributed by atoms with E-state index in [4.69, 9.17) is 4.74 Å². The molecule has 0 saturated carbocycles. The zero-order valence-electron chi connectivity index (χ0n) is 14.8. The fraction of sp³-hybridized carbons (Fsp3) is 0.200. The van der Waals surface area contributed by atoms with Crippen LogP contribution in [0.5, 0.6) is 5.75 Å². The van der Waals surface area contributed by atoms with E-state index in [2.05, 4.69) is 15.7 Å². The van der Waals surface area contributed by atoms with Gasteiger partial charge in [-0.15, -0.1) is 0 Å². The zero-order chi connectivity index (χ0) is 18.8. The van der Waals surface area contributed by atoms with Gasteiger partial charge in [0, 0.05) is 12.1 Å². The predicted octanol–water partition coefficient (Wildman–Crippen LogP) is 2.73. The molecule has 3 aromatic rings. The molecule has 0 bridgehead atoms. The number of carbonyl (C=O) groups excluding carboxylic acids is 1. The largest absolute Gasteiger partial charge is 0.497 e. The van der Waals surface area contributed by atoms with E-state index in [0.29, 0.717) is 24.5 Å². The second kappa shape index (κ2) is 7.20. The SMILES string of the molecule is COc1cccc(-c2cc3n(n2)[C@H](NCc2ccc(F)cc2)CNC3=O)c1. The van der Waals surface area contributed by atoms with Crippen LogP contribution in [0.15, 0.2) is 54.6 Å². The van der Waals surface area contributed by atoms with Crippen LogP contribution in [0.1, 0.15) is 22.2 Å². The molecule has 2 aromatic carbocycles. The number of aromatic nitrogens is 2. The number of hydrogen-bond donors (Lipinski definition) is 2. The minimum Gasteiger partial charge on any atom is -0.497 e. The van der Waals surface area contributed by atoms with Gasteiger partial charge in [0.05, 0.1) is 19.3 Å². The minimum atomic E-state index is -0.263. The number of nitrogens with zero attached hydrogens (tertiary/aromatic N) is 2. The van der Waals surface area contributed by atoms with Crippen LogP contribution < -0.4 is 15.4 Å². The Morgan fingerprint density at radius 1 is 1.26 bits per heavy atom. The topological polar surface area (TPSA) is 68.2 Å². The van der Waals surface area contributed by atoms with Gasteiger partial charge in [-0.3, -0.25) is 10.1 Å². The first kappa shape index (κ1) is 17.2. The van der Waals surface area contributed by atoms with Crippen molar-refractivity contribution in [2.24, 2.45) is 0 Å². The predicted molar refractivity (Wildman–Crippen MR) is 98.8 cm³/mol. The van der Waals surface area contributed by atoms with E-state index < -0.39 is 0 Å². The first-order valence-electron chi connectivity index (χ1n) is 8.64. The third-order valence-electron chi connectivity index (χ3n) is 4.54. The fourth-order valence-corrected chi connectivity index (χ4v) is 3.09. The van der Waals surface area contributed by atoms with E-state index in [-0.39, 0.29) is 17.9 Å². The second-order valence-corrected chi connectivity index (χ2v) is 6.32. The highest BCUT2D eigenvalue weighted by Crippen LogP contribution is 2.26. The maximum Gasteiger partial charge on any atom is 0.269 e. The van der Waals surface area contributed by atoms with Crippen molar-refractivity contribution in [3.05, 3.63) is 71.7 Å². The van der Waals surface area contributed by atoms with E-state index in [1.807, 2.05) is 24.3 Å². The number of carbonyl (C=O) groups is 1. The Morgan fingerprint density at radius 2 is 2.07 bits per heavy atom. The van der Waals surface area contributed by atoms with Gasteiger partial charge in [-0.05, 0) is 35.9 Å². The van der Waals surface area contributed by atoms with Crippen LogP contribution in [0.2, 0.25) is 0 Å². The highest BCUT2D eigenvalue weighted by molar-refractivity contribution is 5.94. The zero-order valence-corrected chi connectivity index (χ0v) is 14.8. The lowest BCUT2D eigenvalue weighted by molar-refractivity contribution is 0.0900. The number of ether oxygens (including phenoxy) is 1. The third kappa shape index (κ3) is 3.54. The molecule has 2 heterocycles. The van der Waals surface area contributed by atoms with E-state index in [1.54, 1.807) is 30.0 Å². The summed E-state index contributed by atoms with van der Waals surface area (Å²) in [5.74, 6) is 0.311. The standard InChI is InChI=1S/C20H19FN4O2/c1-27-16-4-2-3-14(9-16)17-10-18-20(26)23-12-19(25(18)24-17)22-11-13-5-7-15(21)8-6-13/h2-10,19,22H,11-12H2,1H3,(H,23,26)/t19-/m0/s1. The molecule has 1 amide bonds. The van der Waals surface area contributed by atoms with E-state index in [9.17, 15) is 9.18 Å². The van der Waals surface area contributed by atoms with Gasteiger partial charge in [0.15, 0.2) is 0 Å². The molecule has 7 heteroatoms. The van der Waals surface area contributed by atoms with Crippen LogP contribution in [0.3, 0.4) is 0 Å². The molecule has 0 spiro atoms. The molecular formula is C20H19FN4O2. The van der Waals surface area contributed by atoms with E-state index in [1.165, 1.54) is 12.1 Å². The first-order chi connectivity index (χ1) is 13.1. The average Bonchev–Trinajstić information content (AvgIpc) is 3.15. The van der Waals surface area contributed by atoms with Crippen molar-refractivity contribution in [1.29, 1.82) is 0 Å². The van der Waals surface area contributed by atoms with Crippen molar-refractivity contribution in [1.82, 2.24) is 20.4 Å². The number of hydrogen-bond acceptors (Lipinski definition) is 4. The number of benzene rings is 2. The van der Waals surface area contributed by atoms with Crippen LogP contribution in [0.4, 0.5) is 4.39 Å². The summed E-state index contributed by atoms with van der Waals surface area (Å²) in [6, 6.07) is 15.7. The van der Waals surface area contributed by atoms with Gasteiger partial charge in [0.25, 0.3) is 5.91 Å². The summed E-state index contributed by atoms with van der Waals surface area (Å²) in [5.41, 5.74) is 3.03. The highest BCUT2D eigenvalue weighted by atomic mass is 19.1. The van der Waals surface area contributed by atoms with Crippen molar-refractivity contribution >= 4 is 5.91 Å². The van der Waals surface area contributed by atoms with Crippen molar-refractivity contribution < 1.29 is 13.9 Å². The molecule has 1 aliphatic rings. The van der Waals surface area contributed by atoms with Crippen molar-refractivity contribution in [3.63, 3.8) is 0 Å². The third-order valence-corrected chi connectivity index (χ3v) is 4.54. The van der Waals surface area contributed by atoms with Gasteiger partial charge in [0.2, 0.25) is 0 Å². The highest BCUT2D eigenvalue weighted by Gasteiger charge is 2.27. The van der Waals surface area contributed by atoms with Crippen LogP contribution in [0.25, 0.3) is 11.3 Å². The van der Waals surface area contributed by atoms with Crippen LogP contribution in [0, 0.1) is 5.82 Å². The molecule has 2 N–H and O–H groups in total. The summed E-state index contributed by atoms with van der Waals surface area (Å²) in [7, 11) is 1.61. The lowest BCUT2D eigenvalue weighted by Crippen LogP contribution is -2.45. The number of rotatable bonds is 5. The summed E-state index contributed by atoms with van der Waals surface area (Å²) in [4.78, 5) is 12.2. The molecule has 1 aliphatic heterocycles. The summed E-state index contributed by atoms with van der Waals surface area (Å²) in [5, 5.41) is 10.9. The normalized spacial score (nSPS) is 15.9. The Hall–Kier alpha value is -3.19. The Balaban J connectivity index is 1.59. The average molecular weight is 366 g/mol. The van der Waals surface area contributed by atoms with Crippen molar-refractivity contribution in [3.8, 4) is 17.0 Å². The Bertz CT molecular complexity index is 968. The molecule has 0 saturated heterocycles. The second-order valence-electron chi connectivity index (χ2n) is 6.32. The number of nitrogens with one attached hydrogen (secondary N) is 2. The van der Waals surface area contributed by atoms with Gasteiger partial charge >= 0.3 is 0 Å². The molecule has 138 valence electrons. The molecule has 0 fully saturated rings. The van der Waals surface area contributed by atoms with Crippen LogP contribution in [-0.4, -0.2) is 29.3 Å². The molecule has 0 radical (unpaired) electrons. The van der Waals surface area contributed by atoms with Crippen molar-refractivity contribution in [2.75, 3.05) is 13.7 Å². The molecule has 1 atom stereocenters. The summed E-state index contributed by atoms with van der Waals surface area (Å²) >= 11 is 0. The summed E-state index contributed by atoms with van der Waals surface area (Å²) in [6.07, 6.45) is -0.192. The maximum absolute atomic E-state index is 13.0. The monoisotopic (exact) mass is 366 g/mol. The number of amides is 1. The van der Waals surface area contributed by atoms with E-state index >= 15 is 0 Å². The molecule has 0 aliphatic carbocycles. The Kier molecular flexibility index (Phi) is 4.60. The van der Waals surface area contributed by atoms with Gasteiger partial charge in [0.1, 0.15) is 23.4 Å².